The maximum atomic E-state index is 4.37. The Morgan fingerprint density at radius 1 is 0.957 bits per heavy atom. The summed E-state index contributed by atoms with van der Waals surface area (Å²) in [4.78, 5) is 0. The quantitative estimate of drug-likeness (QED) is 0.552. The molecule has 0 aliphatic rings. The van der Waals surface area contributed by atoms with Crippen LogP contribution in [0.15, 0.2) is 55.1 Å². The van der Waals surface area contributed by atoms with E-state index >= 15 is 0 Å². The molecule has 2 aromatic carbocycles. The van der Waals surface area contributed by atoms with Gasteiger partial charge >= 0.3 is 0 Å². The zero-order valence-corrected chi connectivity index (χ0v) is 15.3. The van der Waals surface area contributed by atoms with E-state index in [2.05, 4.69) is 96.7 Å². The van der Waals surface area contributed by atoms with Crippen molar-refractivity contribution in [3.8, 4) is 0 Å². The molecule has 0 fully saturated rings. The molecule has 0 aliphatic carbocycles. The Balaban J connectivity index is 2.38. The number of benzene rings is 2. The molecule has 0 amide bonds. The summed E-state index contributed by atoms with van der Waals surface area (Å²) in [5, 5.41) is 0. The third-order valence-corrected chi connectivity index (χ3v) is 4.38. The van der Waals surface area contributed by atoms with Crippen LogP contribution in [0.3, 0.4) is 0 Å². The zero-order valence-electron chi connectivity index (χ0n) is 15.3. The molecular weight excluding hydrogens is 276 g/mol. The maximum absolute atomic E-state index is 4.37. The molecule has 0 saturated carbocycles. The van der Waals surface area contributed by atoms with E-state index in [1.807, 2.05) is 0 Å². The first-order chi connectivity index (χ1) is 10.7. The molecule has 0 heterocycles. The molecule has 0 spiro atoms. The van der Waals surface area contributed by atoms with Crippen LogP contribution in [0, 0.1) is 13.8 Å². The molecule has 0 nitrogen and oxygen atoms in total. The molecule has 0 unspecified atom stereocenters. The summed E-state index contributed by atoms with van der Waals surface area (Å²) in [7, 11) is 0. The van der Waals surface area contributed by atoms with E-state index in [4.69, 9.17) is 0 Å². The topological polar surface area (TPSA) is 0 Å². The van der Waals surface area contributed by atoms with E-state index in [1.54, 1.807) is 0 Å². The normalized spacial score (nSPS) is 12.3. The highest BCUT2D eigenvalue weighted by Gasteiger charge is 2.15. The molecule has 0 saturated heterocycles. The average Bonchev–Trinajstić information content (AvgIpc) is 2.47. The minimum atomic E-state index is 0.180. The van der Waals surface area contributed by atoms with Crippen LogP contribution >= 0.6 is 0 Å². The monoisotopic (exact) mass is 304 g/mol. The molecule has 0 radical (unpaired) electrons. The molecule has 0 aliphatic heterocycles. The van der Waals surface area contributed by atoms with Crippen LogP contribution in [0.2, 0.25) is 0 Å². The van der Waals surface area contributed by atoms with E-state index in [0.29, 0.717) is 0 Å². The summed E-state index contributed by atoms with van der Waals surface area (Å²) in [6.45, 7) is 17.5. The summed E-state index contributed by atoms with van der Waals surface area (Å²) >= 11 is 0. The minimum Gasteiger partial charge on any atom is -0.0905 e. The fraction of sp³-hybridized carbons (Fsp3) is 0.304. The Kier molecular flexibility index (Phi) is 4.94. The number of rotatable bonds is 3. The summed E-state index contributed by atoms with van der Waals surface area (Å²) in [6.07, 6.45) is 2.16. The molecule has 2 aromatic rings. The van der Waals surface area contributed by atoms with Gasteiger partial charge in [0.1, 0.15) is 0 Å². The van der Waals surface area contributed by atoms with E-state index in [-0.39, 0.29) is 5.41 Å². The first-order valence-corrected chi connectivity index (χ1v) is 8.28. The van der Waals surface area contributed by atoms with Crippen molar-refractivity contribution in [2.75, 3.05) is 0 Å². The van der Waals surface area contributed by atoms with Crippen LogP contribution in [0.25, 0.3) is 11.1 Å². The van der Waals surface area contributed by atoms with Crippen molar-refractivity contribution in [3.05, 3.63) is 82.9 Å². The van der Waals surface area contributed by atoms with Crippen molar-refractivity contribution >= 4 is 11.1 Å². The van der Waals surface area contributed by atoms with E-state index in [0.717, 1.165) is 5.57 Å². The van der Waals surface area contributed by atoms with Gasteiger partial charge in [0.15, 0.2) is 0 Å². The Bertz CT molecular complexity index is 735. The molecule has 0 N–H and O–H groups in total. The molecule has 2 rings (SSSR count). The van der Waals surface area contributed by atoms with Crippen LogP contribution in [0.4, 0.5) is 0 Å². The molecule has 120 valence electrons. The number of aryl methyl sites for hydroxylation is 2. The lowest BCUT2D eigenvalue weighted by molar-refractivity contribution is 0.590. The van der Waals surface area contributed by atoms with Crippen molar-refractivity contribution in [2.24, 2.45) is 0 Å². The number of hydrogen-bond donors (Lipinski definition) is 0. The summed E-state index contributed by atoms with van der Waals surface area (Å²) in [5.41, 5.74) is 8.85. The van der Waals surface area contributed by atoms with Crippen molar-refractivity contribution < 1.29 is 0 Å². The molecular formula is C23H28. The molecule has 0 aromatic heterocycles. The van der Waals surface area contributed by atoms with Gasteiger partial charge in [-0.25, -0.2) is 0 Å². The first kappa shape index (κ1) is 17.3. The fourth-order valence-corrected chi connectivity index (χ4v) is 2.96. The second-order valence-electron chi connectivity index (χ2n) is 7.33. The second kappa shape index (κ2) is 6.58. The molecule has 0 heteroatoms. The van der Waals surface area contributed by atoms with Gasteiger partial charge in [-0.2, -0.15) is 0 Å². The van der Waals surface area contributed by atoms with Gasteiger partial charge in [-0.15, -0.1) is 0 Å². The predicted octanol–water partition coefficient (Wildman–Crippen LogP) is 6.72. The van der Waals surface area contributed by atoms with Gasteiger partial charge < -0.3 is 0 Å². The van der Waals surface area contributed by atoms with Gasteiger partial charge in [-0.1, -0.05) is 81.5 Å². The minimum absolute atomic E-state index is 0.180. The van der Waals surface area contributed by atoms with Gasteiger partial charge in [0.2, 0.25) is 0 Å². The lowest BCUT2D eigenvalue weighted by Crippen LogP contribution is -2.10. The standard InChI is InChI=1S/C23H28/c1-8-21(18(4)22-14-9-16(2)15-17(22)3)19-10-12-20(13-11-19)23(5,6)7/h8-15H,4H2,1-3,5-7H3. The van der Waals surface area contributed by atoms with Crippen LogP contribution in [0.1, 0.15) is 55.5 Å². The Hall–Kier alpha value is -2.08. The predicted molar refractivity (Wildman–Crippen MR) is 104 cm³/mol. The maximum Gasteiger partial charge on any atom is -0.0132 e. The number of hydrogen-bond acceptors (Lipinski definition) is 0. The highest BCUT2D eigenvalue weighted by Crippen LogP contribution is 2.33. The number of allylic oxidation sites excluding steroid dienone is 3. The first-order valence-electron chi connectivity index (χ1n) is 8.28. The van der Waals surface area contributed by atoms with E-state index in [9.17, 15) is 0 Å². The second-order valence-corrected chi connectivity index (χ2v) is 7.33. The largest absolute Gasteiger partial charge is 0.0905 e. The van der Waals surface area contributed by atoms with Crippen molar-refractivity contribution in [1.29, 1.82) is 0 Å². The van der Waals surface area contributed by atoms with E-state index < -0.39 is 0 Å². The lowest BCUT2D eigenvalue weighted by atomic mass is 9.85. The van der Waals surface area contributed by atoms with Crippen LogP contribution in [-0.4, -0.2) is 0 Å². The molecule has 23 heavy (non-hydrogen) atoms. The van der Waals surface area contributed by atoms with Crippen molar-refractivity contribution in [1.82, 2.24) is 0 Å². The lowest BCUT2D eigenvalue weighted by Gasteiger charge is -2.20. The summed E-state index contributed by atoms with van der Waals surface area (Å²) in [5.74, 6) is 0. The SMILES string of the molecule is C=C(C(=CC)c1ccc(C(C)(C)C)cc1)c1ccc(C)cc1C. The van der Waals surface area contributed by atoms with Gasteiger partial charge in [0.05, 0.1) is 0 Å². The van der Waals surface area contributed by atoms with Gasteiger partial charge in [-0.3, -0.25) is 0 Å². The Labute approximate surface area is 141 Å². The van der Waals surface area contributed by atoms with Crippen molar-refractivity contribution in [2.45, 2.75) is 47.0 Å². The van der Waals surface area contributed by atoms with Crippen LogP contribution in [0.5, 0.6) is 0 Å². The summed E-state index contributed by atoms with van der Waals surface area (Å²) < 4.78 is 0. The summed E-state index contributed by atoms with van der Waals surface area (Å²) in [6, 6.07) is 15.4. The Morgan fingerprint density at radius 3 is 2.04 bits per heavy atom. The molecule has 0 bridgehead atoms. The van der Waals surface area contributed by atoms with Crippen LogP contribution < -0.4 is 0 Å². The van der Waals surface area contributed by atoms with Crippen LogP contribution in [-0.2, 0) is 5.41 Å². The third kappa shape index (κ3) is 3.82. The highest BCUT2D eigenvalue weighted by atomic mass is 14.2. The van der Waals surface area contributed by atoms with Gasteiger partial charge in [-0.05, 0) is 59.6 Å². The highest BCUT2D eigenvalue weighted by molar-refractivity contribution is 6.04. The van der Waals surface area contributed by atoms with E-state index in [1.165, 1.54) is 33.4 Å². The van der Waals surface area contributed by atoms with Gasteiger partial charge in [0.25, 0.3) is 0 Å². The Morgan fingerprint density at radius 2 is 1.57 bits per heavy atom. The van der Waals surface area contributed by atoms with Gasteiger partial charge in [0, 0.05) is 0 Å². The zero-order chi connectivity index (χ0) is 17.2. The van der Waals surface area contributed by atoms with Crippen molar-refractivity contribution in [3.63, 3.8) is 0 Å². The smallest absolute Gasteiger partial charge is 0.0132 e. The average molecular weight is 304 g/mol. The third-order valence-electron chi connectivity index (χ3n) is 4.38. The fourth-order valence-electron chi connectivity index (χ4n) is 2.96. The molecule has 0 atom stereocenters.